The Balaban J connectivity index is 4.47. The highest BCUT2D eigenvalue weighted by Gasteiger charge is 2.23. The van der Waals surface area contributed by atoms with Gasteiger partial charge in [0.2, 0.25) is 0 Å². The normalized spacial score (nSPS) is 17.9. The lowest BCUT2D eigenvalue weighted by Gasteiger charge is -2.23. The SMILES string of the molecule is C[C@@H](NS(=O)C(C)(C)C)[C@H](O)C#C[Si](C)(C)C. The molecule has 0 aromatic rings. The second-order valence-corrected chi connectivity index (χ2v) is 13.0. The summed E-state index contributed by atoms with van der Waals surface area (Å²) in [6.07, 6.45) is -0.770. The Hall–Kier alpha value is -0.153. The molecule has 0 saturated carbocycles. The van der Waals surface area contributed by atoms with Gasteiger partial charge in [0, 0.05) is 0 Å². The summed E-state index contributed by atoms with van der Waals surface area (Å²) in [5, 5.41) is 9.85. The number of aliphatic hydroxyl groups excluding tert-OH is 1. The van der Waals surface area contributed by atoms with Crippen molar-refractivity contribution in [2.75, 3.05) is 0 Å². The first-order chi connectivity index (χ1) is 7.43. The lowest BCUT2D eigenvalue weighted by molar-refractivity contribution is 0.200. The molecule has 0 rings (SSSR count). The monoisotopic (exact) mass is 275 g/mol. The van der Waals surface area contributed by atoms with Crippen LogP contribution in [0.1, 0.15) is 27.7 Å². The van der Waals surface area contributed by atoms with E-state index in [1.807, 2.05) is 20.8 Å². The fourth-order valence-corrected chi connectivity index (χ4v) is 2.23. The van der Waals surface area contributed by atoms with Crippen LogP contribution in [0, 0.1) is 11.5 Å². The Bertz CT molecular complexity index is 333. The summed E-state index contributed by atoms with van der Waals surface area (Å²) in [5.74, 6) is 2.85. The fraction of sp³-hybridized carbons (Fsp3) is 0.833. The first kappa shape index (κ1) is 16.8. The molecule has 0 aromatic carbocycles. The van der Waals surface area contributed by atoms with Gasteiger partial charge in [-0.2, -0.15) is 0 Å². The third-order valence-corrected chi connectivity index (χ3v) is 4.51. The topological polar surface area (TPSA) is 49.3 Å². The third kappa shape index (κ3) is 7.71. The van der Waals surface area contributed by atoms with Gasteiger partial charge in [-0.1, -0.05) is 25.6 Å². The van der Waals surface area contributed by atoms with E-state index in [4.69, 9.17) is 0 Å². The summed E-state index contributed by atoms with van der Waals surface area (Å²) in [6.45, 7) is 13.8. The van der Waals surface area contributed by atoms with Crippen LogP contribution in [0.25, 0.3) is 0 Å². The molecular weight excluding hydrogens is 250 g/mol. The molecule has 0 saturated heterocycles. The van der Waals surface area contributed by atoms with E-state index < -0.39 is 25.2 Å². The Morgan fingerprint density at radius 2 is 1.76 bits per heavy atom. The zero-order valence-corrected chi connectivity index (χ0v) is 13.7. The van der Waals surface area contributed by atoms with Gasteiger partial charge in [0.1, 0.15) is 14.2 Å². The van der Waals surface area contributed by atoms with E-state index in [-0.39, 0.29) is 10.8 Å². The van der Waals surface area contributed by atoms with Crippen molar-refractivity contribution in [1.82, 2.24) is 4.72 Å². The van der Waals surface area contributed by atoms with Gasteiger partial charge in [0.15, 0.2) is 0 Å². The first-order valence-electron chi connectivity index (χ1n) is 5.82. The van der Waals surface area contributed by atoms with Gasteiger partial charge in [-0.05, 0) is 27.7 Å². The minimum Gasteiger partial charge on any atom is -0.379 e. The van der Waals surface area contributed by atoms with E-state index >= 15 is 0 Å². The second kappa shape index (κ2) is 6.14. The molecule has 3 nitrogen and oxygen atoms in total. The van der Waals surface area contributed by atoms with Gasteiger partial charge < -0.3 is 5.11 Å². The van der Waals surface area contributed by atoms with Gasteiger partial charge in [-0.3, -0.25) is 0 Å². The molecule has 100 valence electrons. The number of nitrogens with one attached hydrogen (secondary N) is 1. The number of rotatable bonds is 3. The Morgan fingerprint density at radius 1 is 1.29 bits per heavy atom. The van der Waals surface area contributed by atoms with Gasteiger partial charge in [0.25, 0.3) is 0 Å². The molecule has 3 atom stereocenters. The molecule has 0 fully saturated rings. The third-order valence-electron chi connectivity index (χ3n) is 1.92. The van der Waals surface area contributed by atoms with Gasteiger partial charge in [0.05, 0.1) is 21.8 Å². The van der Waals surface area contributed by atoms with Crippen LogP contribution in [0.4, 0.5) is 0 Å². The van der Waals surface area contributed by atoms with E-state index in [1.165, 1.54) is 0 Å². The first-order valence-corrected chi connectivity index (χ1v) is 10.5. The fourth-order valence-electron chi connectivity index (χ4n) is 0.826. The van der Waals surface area contributed by atoms with E-state index in [9.17, 15) is 9.32 Å². The maximum absolute atomic E-state index is 11.8. The van der Waals surface area contributed by atoms with Crippen LogP contribution in [-0.2, 0) is 11.0 Å². The average Bonchev–Trinajstić information content (AvgIpc) is 2.11. The Labute approximate surface area is 109 Å². The zero-order chi connectivity index (χ0) is 13.9. The lowest BCUT2D eigenvalue weighted by Crippen LogP contribution is -2.43. The van der Waals surface area contributed by atoms with Crippen LogP contribution in [-0.4, -0.2) is 34.3 Å². The molecule has 0 heterocycles. The molecule has 5 heteroatoms. The molecule has 0 bridgehead atoms. The summed E-state index contributed by atoms with van der Waals surface area (Å²) in [6, 6.07) is -0.293. The van der Waals surface area contributed by atoms with Crippen LogP contribution < -0.4 is 4.72 Å². The molecule has 0 amide bonds. The standard InChI is InChI=1S/C12H25NO2SSi/c1-10(13-16(15)12(2,3)4)11(14)8-9-17(5,6)7/h10-11,13-14H,1-7H3/t10-,11-,16?/m1/s1. The molecule has 17 heavy (non-hydrogen) atoms. The molecule has 0 aliphatic carbocycles. The van der Waals surface area contributed by atoms with Gasteiger partial charge in [-0.25, -0.2) is 8.93 Å². The van der Waals surface area contributed by atoms with E-state index in [0.29, 0.717) is 0 Å². The van der Waals surface area contributed by atoms with Crippen LogP contribution in [0.2, 0.25) is 19.6 Å². The van der Waals surface area contributed by atoms with Crippen molar-refractivity contribution in [3.8, 4) is 11.5 Å². The van der Waals surface area contributed by atoms with Crippen molar-refractivity contribution in [3.05, 3.63) is 0 Å². The molecule has 0 aliphatic heterocycles. The van der Waals surface area contributed by atoms with Crippen LogP contribution in [0.15, 0.2) is 0 Å². The summed E-state index contributed by atoms with van der Waals surface area (Å²) in [7, 11) is -2.65. The molecule has 2 N–H and O–H groups in total. The summed E-state index contributed by atoms with van der Waals surface area (Å²) < 4.78 is 14.4. The lowest BCUT2D eigenvalue weighted by atomic mass is 10.2. The van der Waals surface area contributed by atoms with E-state index in [0.717, 1.165) is 0 Å². The van der Waals surface area contributed by atoms with Gasteiger partial charge in [-0.15, -0.1) is 5.54 Å². The molecule has 0 radical (unpaired) electrons. The molecular formula is C12H25NO2SSi. The highest BCUT2D eigenvalue weighted by molar-refractivity contribution is 7.84. The van der Waals surface area contributed by atoms with Crippen molar-refractivity contribution in [1.29, 1.82) is 0 Å². The van der Waals surface area contributed by atoms with Crippen molar-refractivity contribution < 1.29 is 9.32 Å². The largest absolute Gasteiger partial charge is 0.379 e. The predicted molar refractivity (Wildman–Crippen MR) is 77.6 cm³/mol. The molecule has 0 aromatic heterocycles. The average molecular weight is 275 g/mol. The maximum atomic E-state index is 11.8. The minimum absolute atomic E-state index is 0.293. The summed E-state index contributed by atoms with van der Waals surface area (Å²) in [5.41, 5.74) is 3.11. The number of aliphatic hydroxyl groups is 1. The second-order valence-electron chi connectivity index (χ2n) is 6.25. The minimum atomic E-state index is -1.47. The van der Waals surface area contributed by atoms with Crippen molar-refractivity contribution >= 4 is 19.1 Å². The highest BCUT2D eigenvalue weighted by Crippen LogP contribution is 2.10. The Kier molecular flexibility index (Phi) is 6.09. The maximum Gasteiger partial charge on any atom is 0.130 e. The van der Waals surface area contributed by atoms with Crippen LogP contribution in [0.3, 0.4) is 0 Å². The predicted octanol–water partition coefficient (Wildman–Crippen LogP) is 1.67. The zero-order valence-electron chi connectivity index (χ0n) is 11.9. The van der Waals surface area contributed by atoms with Crippen LogP contribution in [0.5, 0.6) is 0 Å². The van der Waals surface area contributed by atoms with E-state index in [1.54, 1.807) is 6.92 Å². The van der Waals surface area contributed by atoms with Gasteiger partial charge >= 0.3 is 0 Å². The quantitative estimate of drug-likeness (QED) is 0.608. The van der Waals surface area contributed by atoms with Crippen molar-refractivity contribution in [2.45, 2.75) is 64.2 Å². The smallest absolute Gasteiger partial charge is 0.130 e. The van der Waals surface area contributed by atoms with E-state index in [2.05, 4.69) is 35.8 Å². The van der Waals surface area contributed by atoms with Crippen LogP contribution >= 0.6 is 0 Å². The molecule has 0 spiro atoms. The number of hydrogen-bond donors (Lipinski definition) is 2. The summed E-state index contributed by atoms with van der Waals surface area (Å²) >= 11 is 0. The van der Waals surface area contributed by atoms with Crippen molar-refractivity contribution in [2.24, 2.45) is 0 Å². The number of hydrogen-bond acceptors (Lipinski definition) is 2. The summed E-state index contributed by atoms with van der Waals surface area (Å²) in [4.78, 5) is 0. The van der Waals surface area contributed by atoms with Crippen molar-refractivity contribution in [3.63, 3.8) is 0 Å². The molecule has 1 unspecified atom stereocenters. The highest BCUT2D eigenvalue weighted by atomic mass is 32.2. The molecule has 0 aliphatic rings. The Morgan fingerprint density at radius 3 is 2.12 bits per heavy atom.